The number of hydrogen-bond acceptors (Lipinski definition) is 4. The first-order valence-corrected chi connectivity index (χ1v) is 8.94. The van der Waals surface area contributed by atoms with Crippen molar-refractivity contribution < 1.29 is 9.53 Å². The summed E-state index contributed by atoms with van der Waals surface area (Å²) in [5, 5.41) is 8.91. The molecule has 0 amide bonds. The van der Waals surface area contributed by atoms with Gasteiger partial charge in [-0.1, -0.05) is 36.4 Å². The Morgan fingerprint density at radius 3 is 2.48 bits per heavy atom. The normalized spacial score (nSPS) is 11.4. The average Bonchev–Trinajstić information content (AvgIpc) is 2.98. The van der Waals surface area contributed by atoms with Crippen LogP contribution in [0.25, 0.3) is 16.6 Å². The minimum Gasteiger partial charge on any atom is -0.457 e. The van der Waals surface area contributed by atoms with E-state index in [9.17, 15) is 4.79 Å². The van der Waals surface area contributed by atoms with Crippen LogP contribution in [-0.2, 0) is 9.53 Å². The first-order chi connectivity index (χ1) is 12.7. The van der Waals surface area contributed by atoms with Crippen molar-refractivity contribution in [1.29, 1.82) is 0 Å². The van der Waals surface area contributed by atoms with Gasteiger partial charge >= 0.3 is 5.97 Å². The lowest BCUT2D eigenvalue weighted by molar-refractivity contribution is -0.149. The highest BCUT2D eigenvalue weighted by molar-refractivity contribution is 5.93. The van der Waals surface area contributed by atoms with E-state index in [0.717, 1.165) is 16.6 Å². The molecule has 0 saturated carbocycles. The van der Waals surface area contributed by atoms with Crippen molar-refractivity contribution in [3.05, 3.63) is 66.2 Å². The van der Waals surface area contributed by atoms with E-state index in [1.807, 2.05) is 61.9 Å². The van der Waals surface area contributed by atoms with Gasteiger partial charge in [0.25, 0.3) is 0 Å². The molecule has 1 heterocycles. The van der Waals surface area contributed by atoms with Gasteiger partial charge in [-0.25, -0.2) is 9.48 Å². The summed E-state index contributed by atoms with van der Waals surface area (Å²) in [6.07, 6.45) is 0. The van der Waals surface area contributed by atoms with E-state index >= 15 is 0 Å². The molecule has 1 N–H and O–H groups in total. The molecule has 1 aromatic heterocycles. The maximum atomic E-state index is 12.1. The highest BCUT2D eigenvalue weighted by atomic mass is 16.6. The van der Waals surface area contributed by atoms with E-state index < -0.39 is 11.6 Å². The summed E-state index contributed by atoms with van der Waals surface area (Å²) in [6.45, 7) is 11.7. The molecule has 0 radical (unpaired) electrons. The predicted molar refractivity (Wildman–Crippen MR) is 109 cm³/mol. The van der Waals surface area contributed by atoms with Crippen molar-refractivity contribution >= 4 is 22.7 Å². The highest BCUT2D eigenvalue weighted by Gasteiger charge is 2.19. The van der Waals surface area contributed by atoms with Crippen molar-refractivity contribution in [3.8, 4) is 5.69 Å². The number of carbonyl (C=O) groups is 1. The monoisotopic (exact) mass is 363 g/mol. The molecule has 27 heavy (non-hydrogen) atoms. The molecule has 140 valence electrons. The molecule has 0 fully saturated rings. The van der Waals surface area contributed by atoms with Crippen molar-refractivity contribution in [3.63, 3.8) is 0 Å². The number of carbonyl (C=O) groups excluding carboxylic acids is 1. The van der Waals surface area contributed by atoms with E-state index in [1.165, 1.54) is 5.56 Å². The largest absolute Gasteiger partial charge is 0.457 e. The van der Waals surface area contributed by atoms with E-state index in [-0.39, 0.29) is 6.54 Å². The number of hydrogen-bond donors (Lipinski definition) is 1. The molecule has 2 aromatic carbocycles. The summed E-state index contributed by atoms with van der Waals surface area (Å²) >= 11 is 0. The highest BCUT2D eigenvalue weighted by Crippen LogP contribution is 2.26. The van der Waals surface area contributed by atoms with Gasteiger partial charge in [0.15, 0.2) is 5.82 Å². The second-order valence-electron chi connectivity index (χ2n) is 7.57. The van der Waals surface area contributed by atoms with Gasteiger partial charge in [-0.2, -0.15) is 0 Å². The number of aryl methyl sites for hydroxylation is 1. The molecule has 0 aliphatic heterocycles. The van der Waals surface area contributed by atoms with Crippen molar-refractivity contribution in [1.82, 2.24) is 9.78 Å². The molecule has 0 unspecified atom stereocenters. The second-order valence-corrected chi connectivity index (χ2v) is 7.57. The zero-order chi connectivity index (χ0) is 19.6. The summed E-state index contributed by atoms with van der Waals surface area (Å²) in [5.74, 6) is 0.299. The molecule has 0 aliphatic carbocycles. The zero-order valence-electron chi connectivity index (χ0n) is 16.2. The van der Waals surface area contributed by atoms with Gasteiger partial charge in [0, 0.05) is 17.5 Å². The van der Waals surface area contributed by atoms with Crippen LogP contribution in [0, 0.1) is 6.92 Å². The molecule has 0 saturated heterocycles. The van der Waals surface area contributed by atoms with Gasteiger partial charge in [0.2, 0.25) is 0 Å². The van der Waals surface area contributed by atoms with Crippen molar-refractivity contribution in [2.75, 3.05) is 11.9 Å². The maximum absolute atomic E-state index is 12.1. The standard InChI is InChI=1S/C22H25N3O2/c1-15-10-12-17(13-11-15)25-19-9-7-6-8-18(19)20(24-25)23-14-16(2)21(26)27-22(3,4)5/h6-13H,2,14H2,1,3-5H3,(H,23,24). The Hall–Kier alpha value is -3.08. The van der Waals surface area contributed by atoms with Gasteiger partial charge in [-0.05, 0) is 52.0 Å². The van der Waals surface area contributed by atoms with Crippen molar-refractivity contribution in [2.24, 2.45) is 0 Å². The third-order valence-corrected chi connectivity index (χ3v) is 4.02. The van der Waals surface area contributed by atoms with Crippen LogP contribution >= 0.6 is 0 Å². The van der Waals surface area contributed by atoms with Crippen LogP contribution < -0.4 is 5.32 Å². The lowest BCUT2D eigenvalue weighted by atomic mass is 10.2. The molecular weight excluding hydrogens is 338 g/mol. The Labute approximate surface area is 159 Å². The predicted octanol–water partition coefficient (Wildman–Crippen LogP) is 4.64. The maximum Gasteiger partial charge on any atom is 0.335 e. The second kappa shape index (κ2) is 7.27. The third-order valence-electron chi connectivity index (χ3n) is 4.02. The van der Waals surface area contributed by atoms with Crippen LogP contribution in [0.15, 0.2) is 60.7 Å². The van der Waals surface area contributed by atoms with Crippen LogP contribution in [0.4, 0.5) is 5.82 Å². The lowest BCUT2D eigenvalue weighted by Crippen LogP contribution is -2.26. The fraction of sp³-hybridized carbons (Fsp3) is 0.273. The van der Waals surface area contributed by atoms with Gasteiger partial charge in [-0.15, -0.1) is 5.10 Å². The summed E-state index contributed by atoms with van der Waals surface area (Å²) < 4.78 is 7.25. The smallest absolute Gasteiger partial charge is 0.335 e. The summed E-state index contributed by atoms with van der Waals surface area (Å²) in [5.41, 5.74) is 2.99. The minimum absolute atomic E-state index is 0.268. The Bertz CT molecular complexity index is 979. The van der Waals surface area contributed by atoms with Crippen LogP contribution in [0.5, 0.6) is 0 Å². The average molecular weight is 363 g/mol. The number of fused-ring (bicyclic) bond motifs is 1. The Balaban J connectivity index is 1.84. The number of nitrogens with zero attached hydrogens (tertiary/aromatic N) is 2. The molecule has 0 bridgehead atoms. The zero-order valence-corrected chi connectivity index (χ0v) is 16.2. The number of ether oxygens (including phenoxy) is 1. The number of anilines is 1. The van der Waals surface area contributed by atoms with Gasteiger partial charge < -0.3 is 10.1 Å². The van der Waals surface area contributed by atoms with Gasteiger partial charge in [-0.3, -0.25) is 0 Å². The Morgan fingerprint density at radius 2 is 1.81 bits per heavy atom. The van der Waals surface area contributed by atoms with Crippen LogP contribution in [-0.4, -0.2) is 27.9 Å². The third kappa shape index (κ3) is 4.37. The number of nitrogens with one attached hydrogen (secondary N) is 1. The topological polar surface area (TPSA) is 56.2 Å². The molecule has 3 rings (SSSR count). The number of esters is 1. The Morgan fingerprint density at radius 1 is 1.15 bits per heavy atom. The molecule has 5 nitrogen and oxygen atoms in total. The van der Waals surface area contributed by atoms with Crippen LogP contribution in [0.1, 0.15) is 26.3 Å². The molecule has 0 atom stereocenters. The molecule has 3 aromatic rings. The van der Waals surface area contributed by atoms with E-state index in [2.05, 4.69) is 31.0 Å². The van der Waals surface area contributed by atoms with Crippen LogP contribution in [0.2, 0.25) is 0 Å². The van der Waals surface area contributed by atoms with Gasteiger partial charge in [0.05, 0.1) is 11.2 Å². The fourth-order valence-electron chi connectivity index (χ4n) is 2.69. The first kappa shape index (κ1) is 18.7. The molecule has 0 aliphatic rings. The molecule has 5 heteroatoms. The van der Waals surface area contributed by atoms with Crippen LogP contribution in [0.3, 0.4) is 0 Å². The number of benzene rings is 2. The summed E-state index contributed by atoms with van der Waals surface area (Å²) in [4.78, 5) is 12.1. The lowest BCUT2D eigenvalue weighted by Gasteiger charge is -2.20. The molecular formula is C22H25N3O2. The Kier molecular flexibility index (Phi) is 5.04. The first-order valence-electron chi connectivity index (χ1n) is 8.94. The number of rotatable bonds is 5. The molecule has 0 spiro atoms. The fourth-order valence-corrected chi connectivity index (χ4v) is 2.69. The number of para-hydroxylation sites is 1. The quantitative estimate of drug-likeness (QED) is 0.530. The SMILES string of the molecule is C=C(CNc1nn(-c2ccc(C)cc2)c2ccccc12)C(=O)OC(C)(C)C. The van der Waals surface area contributed by atoms with E-state index in [4.69, 9.17) is 9.84 Å². The van der Waals surface area contributed by atoms with Crippen molar-refractivity contribution in [2.45, 2.75) is 33.3 Å². The van der Waals surface area contributed by atoms with Gasteiger partial charge in [0.1, 0.15) is 5.60 Å². The minimum atomic E-state index is -0.542. The number of aromatic nitrogens is 2. The van der Waals surface area contributed by atoms with E-state index in [1.54, 1.807) is 0 Å². The summed E-state index contributed by atoms with van der Waals surface area (Å²) in [7, 11) is 0. The summed E-state index contributed by atoms with van der Waals surface area (Å²) in [6, 6.07) is 16.2. The van der Waals surface area contributed by atoms with E-state index in [0.29, 0.717) is 11.4 Å².